The predicted octanol–water partition coefficient (Wildman–Crippen LogP) is 2.65. The summed E-state index contributed by atoms with van der Waals surface area (Å²) in [5.74, 6) is 1.27. The van der Waals surface area contributed by atoms with Crippen molar-refractivity contribution >= 4 is 11.6 Å². The molecule has 0 fully saturated rings. The third-order valence-electron chi connectivity index (χ3n) is 3.28. The average molecular weight is 285 g/mol. The molecule has 0 spiro atoms. The largest absolute Gasteiger partial charge is 0.497 e. The van der Waals surface area contributed by atoms with Gasteiger partial charge in [-0.2, -0.15) is 5.10 Å². The van der Waals surface area contributed by atoms with E-state index in [2.05, 4.69) is 10.2 Å². The predicted molar refractivity (Wildman–Crippen MR) is 77.0 cm³/mol. The zero-order chi connectivity index (χ0) is 15.0. The third-order valence-corrected chi connectivity index (χ3v) is 3.28. The monoisotopic (exact) mass is 285 g/mol. The summed E-state index contributed by atoms with van der Waals surface area (Å²) in [7, 11) is 1.58. The number of carbonyl (C=O) groups is 1. The molecular formula is C15H15N3O3. The number of hydrogen-bond donors (Lipinski definition) is 0. The molecule has 1 aliphatic rings. The molecule has 21 heavy (non-hydrogen) atoms. The van der Waals surface area contributed by atoms with Crippen LogP contribution in [0.1, 0.15) is 24.2 Å². The minimum absolute atomic E-state index is 0.0360. The topological polar surface area (TPSA) is 64.5 Å². The Hall–Kier alpha value is -2.63. The molecule has 0 radical (unpaired) electrons. The number of fused-ring (bicyclic) bond motifs is 2. The highest BCUT2D eigenvalue weighted by Gasteiger charge is 2.31. The molecular weight excluding hydrogens is 270 g/mol. The number of carbonyl (C=O) groups excluding carboxylic acids is 1. The second-order valence-corrected chi connectivity index (χ2v) is 4.95. The minimum Gasteiger partial charge on any atom is -0.497 e. The van der Waals surface area contributed by atoms with Crippen LogP contribution in [0.25, 0.3) is 0 Å². The molecule has 108 valence electrons. The highest BCUT2D eigenvalue weighted by molar-refractivity contribution is 6.09. The number of ether oxygens (including phenoxy) is 2. The van der Waals surface area contributed by atoms with E-state index < -0.39 is 0 Å². The Kier molecular flexibility index (Phi) is 3.21. The molecule has 0 atom stereocenters. The zero-order valence-electron chi connectivity index (χ0n) is 12.0. The molecule has 0 saturated heterocycles. The van der Waals surface area contributed by atoms with Crippen molar-refractivity contribution in [2.24, 2.45) is 0 Å². The Balaban J connectivity index is 2.23. The van der Waals surface area contributed by atoms with E-state index in [9.17, 15) is 4.79 Å². The van der Waals surface area contributed by atoms with Crippen LogP contribution in [0.15, 0.2) is 30.5 Å². The first kappa shape index (κ1) is 13.4. The number of aromatic nitrogens is 2. The Bertz CT molecular complexity index is 700. The molecule has 6 heteroatoms. The maximum absolute atomic E-state index is 12.8. The van der Waals surface area contributed by atoms with E-state index >= 15 is 0 Å². The molecule has 2 aromatic rings. The summed E-state index contributed by atoms with van der Waals surface area (Å²) in [6, 6.07) is 6.91. The van der Waals surface area contributed by atoms with Crippen molar-refractivity contribution in [3.8, 4) is 17.4 Å². The van der Waals surface area contributed by atoms with Gasteiger partial charge in [-0.1, -0.05) is 0 Å². The molecule has 1 amide bonds. The number of amides is 1. The molecule has 0 saturated carbocycles. The van der Waals surface area contributed by atoms with Crippen molar-refractivity contribution in [3.05, 3.63) is 36.0 Å². The van der Waals surface area contributed by atoms with Gasteiger partial charge in [0.15, 0.2) is 5.75 Å². The summed E-state index contributed by atoms with van der Waals surface area (Å²) in [4.78, 5) is 14.4. The van der Waals surface area contributed by atoms with Gasteiger partial charge in [0.25, 0.3) is 11.8 Å². The number of hydrogen-bond acceptors (Lipinski definition) is 5. The highest BCUT2D eigenvalue weighted by atomic mass is 16.5. The second-order valence-electron chi connectivity index (χ2n) is 4.95. The van der Waals surface area contributed by atoms with E-state index in [0.29, 0.717) is 22.7 Å². The fraction of sp³-hybridized carbons (Fsp3) is 0.267. The van der Waals surface area contributed by atoms with Gasteiger partial charge in [0.2, 0.25) is 0 Å². The Labute approximate surface area is 122 Å². The van der Waals surface area contributed by atoms with Gasteiger partial charge in [0.1, 0.15) is 11.3 Å². The molecule has 0 N–H and O–H groups in total. The standard InChI is InChI=1S/C15H15N3O3/c1-9(2)18-12-8-10(20-3)4-5-13(12)21-14-11(15(18)19)6-7-16-17-14/h4-9H,1-3H3. The quantitative estimate of drug-likeness (QED) is 0.848. The maximum atomic E-state index is 12.8. The van der Waals surface area contributed by atoms with Gasteiger partial charge in [0.05, 0.1) is 19.0 Å². The average Bonchev–Trinajstić information content (AvgIpc) is 2.60. The first-order valence-corrected chi connectivity index (χ1v) is 6.63. The van der Waals surface area contributed by atoms with Crippen LogP contribution in [-0.2, 0) is 0 Å². The van der Waals surface area contributed by atoms with E-state index in [1.165, 1.54) is 6.20 Å². The van der Waals surface area contributed by atoms with Crippen molar-refractivity contribution in [2.45, 2.75) is 19.9 Å². The Morgan fingerprint density at radius 2 is 2.10 bits per heavy atom. The van der Waals surface area contributed by atoms with Crippen LogP contribution >= 0.6 is 0 Å². The number of anilines is 1. The van der Waals surface area contributed by atoms with Crippen molar-refractivity contribution in [2.75, 3.05) is 12.0 Å². The summed E-state index contributed by atoms with van der Waals surface area (Å²) in [5, 5.41) is 7.69. The van der Waals surface area contributed by atoms with E-state index in [1.54, 1.807) is 36.3 Å². The lowest BCUT2D eigenvalue weighted by Crippen LogP contribution is -2.36. The van der Waals surface area contributed by atoms with Gasteiger partial charge < -0.3 is 14.4 Å². The maximum Gasteiger partial charge on any atom is 0.264 e. The van der Waals surface area contributed by atoms with E-state index in [1.807, 2.05) is 13.8 Å². The summed E-state index contributed by atoms with van der Waals surface area (Å²) in [5.41, 5.74) is 1.06. The van der Waals surface area contributed by atoms with Crippen LogP contribution < -0.4 is 14.4 Å². The Morgan fingerprint density at radius 3 is 2.81 bits per heavy atom. The molecule has 0 aliphatic carbocycles. The summed E-state index contributed by atoms with van der Waals surface area (Å²) < 4.78 is 11.0. The van der Waals surface area contributed by atoms with Gasteiger partial charge in [-0.05, 0) is 32.0 Å². The molecule has 2 heterocycles. The molecule has 3 rings (SSSR count). The summed E-state index contributed by atoms with van der Waals surface area (Å²) >= 11 is 0. The molecule has 1 aromatic carbocycles. The van der Waals surface area contributed by atoms with Crippen LogP contribution in [0.3, 0.4) is 0 Å². The lowest BCUT2D eigenvalue weighted by molar-refractivity contribution is 0.0980. The summed E-state index contributed by atoms with van der Waals surface area (Å²) in [6.07, 6.45) is 1.48. The zero-order valence-corrected chi connectivity index (χ0v) is 12.0. The SMILES string of the molecule is COc1ccc2c(c1)N(C(C)C)C(=O)c1ccnnc1O2. The lowest BCUT2D eigenvalue weighted by atomic mass is 10.1. The van der Waals surface area contributed by atoms with Crippen LogP contribution in [0, 0.1) is 0 Å². The number of methoxy groups -OCH3 is 1. The lowest BCUT2D eigenvalue weighted by Gasteiger charge is -2.26. The van der Waals surface area contributed by atoms with E-state index in [4.69, 9.17) is 9.47 Å². The Morgan fingerprint density at radius 1 is 1.29 bits per heavy atom. The number of rotatable bonds is 2. The van der Waals surface area contributed by atoms with Gasteiger partial charge in [0, 0.05) is 12.1 Å². The second kappa shape index (κ2) is 5.05. The molecule has 0 bridgehead atoms. The fourth-order valence-electron chi connectivity index (χ4n) is 2.31. The minimum atomic E-state index is -0.165. The third kappa shape index (κ3) is 2.18. The van der Waals surface area contributed by atoms with Crippen molar-refractivity contribution in [3.63, 3.8) is 0 Å². The summed E-state index contributed by atoms with van der Waals surface area (Å²) in [6.45, 7) is 3.89. The van der Waals surface area contributed by atoms with E-state index in [0.717, 1.165) is 0 Å². The van der Waals surface area contributed by atoms with Crippen molar-refractivity contribution < 1.29 is 14.3 Å². The van der Waals surface area contributed by atoms with Crippen LogP contribution in [-0.4, -0.2) is 29.3 Å². The first-order valence-electron chi connectivity index (χ1n) is 6.63. The van der Waals surface area contributed by atoms with Crippen LogP contribution in [0.2, 0.25) is 0 Å². The highest BCUT2D eigenvalue weighted by Crippen LogP contribution is 2.40. The van der Waals surface area contributed by atoms with Gasteiger partial charge in [-0.25, -0.2) is 0 Å². The smallest absolute Gasteiger partial charge is 0.264 e. The van der Waals surface area contributed by atoms with E-state index in [-0.39, 0.29) is 17.8 Å². The number of nitrogens with zero attached hydrogens (tertiary/aromatic N) is 3. The molecule has 1 aromatic heterocycles. The van der Waals surface area contributed by atoms with Crippen LogP contribution in [0.4, 0.5) is 5.69 Å². The first-order chi connectivity index (χ1) is 10.1. The van der Waals surface area contributed by atoms with Crippen LogP contribution in [0.5, 0.6) is 17.4 Å². The van der Waals surface area contributed by atoms with Gasteiger partial charge in [-0.15, -0.1) is 5.10 Å². The van der Waals surface area contributed by atoms with Crippen molar-refractivity contribution in [1.82, 2.24) is 10.2 Å². The molecule has 1 aliphatic heterocycles. The molecule has 0 unspecified atom stereocenters. The molecule has 6 nitrogen and oxygen atoms in total. The fourth-order valence-corrected chi connectivity index (χ4v) is 2.31. The van der Waals surface area contributed by atoms with Gasteiger partial charge >= 0.3 is 0 Å². The normalized spacial score (nSPS) is 13.3. The number of benzene rings is 1. The van der Waals surface area contributed by atoms with Gasteiger partial charge in [-0.3, -0.25) is 4.79 Å². The van der Waals surface area contributed by atoms with Crippen molar-refractivity contribution in [1.29, 1.82) is 0 Å².